The molecule has 0 aromatic heterocycles. The third kappa shape index (κ3) is 4.01. The SMILES string of the molecule is CC(C)(C)C1CCC(C(=O)O)C(C(=O)O)C1.[Al]. The molecule has 0 spiro atoms. The Morgan fingerprint density at radius 3 is 1.82 bits per heavy atom. The number of hydrogen-bond acceptors (Lipinski definition) is 2. The zero-order valence-corrected chi connectivity index (χ0v) is 11.8. The average molecular weight is 255 g/mol. The van der Waals surface area contributed by atoms with Gasteiger partial charge in [0.2, 0.25) is 0 Å². The molecule has 5 heteroatoms. The van der Waals surface area contributed by atoms with Gasteiger partial charge in [0.1, 0.15) is 0 Å². The Kier molecular flexibility index (Phi) is 5.70. The van der Waals surface area contributed by atoms with Crippen LogP contribution in [0.25, 0.3) is 0 Å². The second kappa shape index (κ2) is 5.88. The predicted molar refractivity (Wildman–Crippen MR) is 64.8 cm³/mol. The zero-order chi connectivity index (χ0) is 12.5. The maximum absolute atomic E-state index is 11.1. The smallest absolute Gasteiger partial charge is 0.307 e. The van der Waals surface area contributed by atoms with E-state index in [1.165, 1.54) is 0 Å². The van der Waals surface area contributed by atoms with Gasteiger partial charge in [0.05, 0.1) is 11.8 Å². The van der Waals surface area contributed by atoms with Gasteiger partial charge < -0.3 is 10.2 Å². The van der Waals surface area contributed by atoms with Crippen molar-refractivity contribution in [3.63, 3.8) is 0 Å². The lowest BCUT2D eigenvalue weighted by atomic mass is 9.65. The van der Waals surface area contributed by atoms with Crippen LogP contribution in [0.2, 0.25) is 0 Å². The predicted octanol–water partition coefficient (Wildman–Crippen LogP) is 1.85. The monoisotopic (exact) mass is 255 g/mol. The van der Waals surface area contributed by atoms with E-state index in [1.54, 1.807) is 0 Å². The van der Waals surface area contributed by atoms with Crippen LogP contribution in [-0.2, 0) is 9.59 Å². The molecule has 3 radical (unpaired) electrons. The van der Waals surface area contributed by atoms with E-state index in [-0.39, 0.29) is 22.8 Å². The van der Waals surface area contributed by atoms with E-state index in [0.29, 0.717) is 18.8 Å². The number of carbonyl (C=O) groups is 2. The normalized spacial score (nSPS) is 29.2. The van der Waals surface area contributed by atoms with Gasteiger partial charge in [-0.3, -0.25) is 9.59 Å². The molecule has 3 atom stereocenters. The molecule has 0 aliphatic heterocycles. The van der Waals surface area contributed by atoms with Crippen LogP contribution in [0.3, 0.4) is 0 Å². The molecule has 0 amide bonds. The highest BCUT2D eigenvalue weighted by Crippen LogP contribution is 2.42. The molecule has 2 N–H and O–H groups in total. The minimum atomic E-state index is -0.972. The Morgan fingerprint density at radius 2 is 1.47 bits per heavy atom. The van der Waals surface area contributed by atoms with Crippen molar-refractivity contribution in [1.82, 2.24) is 0 Å². The average Bonchev–Trinajstić information content (AvgIpc) is 2.15. The highest BCUT2D eigenvalue weighted by molar-refractivity contribution is 5.80. The molecule has 4 nitrogen and oxygen atoms in total. The van der Waals surface area contributed by atoms with E-state index in [1.807, 2.05) is 0 Å². The largest absolute Gasteiger partial charge is 0.481 e. The summed E-state index contributed by atoms with van der Waals surface area (Å²) in [7, 11) is 0. The summed E-state index contributed by atoms with van der Waals surface area (Å²) >= 11 is 0. The molecule has 1 aliphatic rings. The molecule has 0 saturated heterocycles. The summed E-state index contributed by atoms with van der Waals surface area (Å²) in [5.41, 5.74) is 0.0528. The fourth-order valence-electron chi connectivity index (χ4n) is 2.53. The first kappa shape index (κ1) is 16.5. The van der Waals surface area contributed by atoms with Crippen molar-refractivity contribution in [3.05, 3.63) is 0 Å². The maximum Gasteiger partial charge on any atom is 0.307 e. The van der Waals surface area contributed by atoms with Gasteiger partial charge in [0.25, 0.3) is 0 Å². The molecule has 17 heavy (non-hydrogen) atoms. The Bertz CT molecular complexity index is 295. The van der Waals surface area contributed by atoms with Gasteiger partial charge in [-0.05, 0) is 30.6 Å². The Labute approximate surface area is 113 Å². The molecule has 0 aromatic rings. The van der Waals surface area contributed by atoms with Crippen LogP contribution in [0.5, 0.6) is 0 Å². The lowest BCUT2D eigenvalue weighted by molar-refractivity contribution is -0.157. The molecule has 95 valence electrons. The first-order chi connectivity index (χ1) is 7.23. The molecule has 0 bridgehead atoms. The first-order valence-electron chi connectivity index (χ1n) is 5.69. The van der Waals surface area contributed by atoms with E-state index in [2.05, 4.69) is 20.8 Å². The third-order valence-corrected chi connectivity index (χ3v) is 3.71. The van der Waals surface area contributed by atoms with Crippen molar-refractivity contribution in [2.75, 3.05) is 0 Å². The van der Waals surface area contributed by atoms with Crippen molar-refractivity contribution in [2.24, 2.45) is 23.2 Å². The maximum atomic E-state index is 11.1. The summed E-state index contributed by atoms with van der Waals surface area (Å²) in [5.74, 6) is -3.09. The highest BCUT2D eigenvalue weighted by atomic mass is 27.0. The molecule has 1 rings (SSSR count). The summed E-state index contributed by atoms with van der Waals surface area (Å²) in [4.78, 5) is 22.0. The third-order valence-electron chi connectivity index (χ3n) is 3.71. The summed E-state index contributed by atoms with van der Waals surface area (Å²) in [6, 6.07) is 0. The van der Waals surface area contributed by atoms with E-state index in [4.69, 9.17) is 10.2 Å². The van der Waals surface area contributed by atoms with Crippen LogP contribution in [0.4, 0.5) is 0 Å². The number of aliphatic carboxylic acids is 2. The molecule has 1 saturated carbocycles. The van der Waals surface area contributed by atoms with E-state index >= 15 is 0 Å². The minimum Gasteiger partial charge on any atom is -0.481 e. The Morgan fingerprint density at radius 1 is 1.00 bits per heavy atom. The fraction of sp³-hybridized carbons (Fsp3) is 0.833. The number of hydrogen-bond donors (Lipinski definition) is 2. The molecule has 3 unspecified atom stereocenters. The van der Waals surface area contributed by atoms with Crippen LogP contribution >= 0.6 is 0 Å². The lowest BCUT2D eigenvalue weighted by Crippen LogP contribution is -2.39. The molecule has 0 heterocycles. The molecule has 1 aliphatic carbocycles. The fourth-order valence-corrected chi connectivity index (χ4v) is 2.53. The zero-order valence-electron chi connectivity index (χ0n) is 10.6. The minimum absolute atomic E-state index is 0. The molecular weight excluding hydrogens is 235 g/mol. The van der Waals surface area contributed by atoms with Crippen LogP contribution in [-0.4, -0.2) is 39.5 Å². The first-order valence-corrected chi connectivity index (χ1v) is 5.69. The van der Waals surface area contributed by atoms with E-state index < -0.39 is 23.8 Å². The van der Waals surface area contributed by atoms with E-state index in [0.717, 1.165) is 6.42 Å². The van der Waals surface area contributed by atoms with Crippen molar-refractivity contribution in [2.45, 2.75) is 40.0 Å². The summed E-state index contributed by atoms with van der Waals surface area (Å²) in [6.45, 7) is 6.24. The van der Waals surface area contributed by atoms with E-state index in [9.17, 15) is 9.59 Å². The van der Waals surface area contributed by atoms with Gasteiger partial charge in [0, 0.05) is 17.4 Å². The quantitative estimate of drug-likeness (QED) is 0.738. The standard InChI is InChI=1S/C12H20O4.Al/c1-12(2,3)7-4-5-8(10(13)14)9(6-7)11(15)16;/h7-9H,4-6H2,1-3H3,(H,13,14)(H,15,16);. The van der Waals surface area contributed by atoms with Gasteiger partial charge >= 0.3 is 11.9 Å². The van der Waals surface area contributed by atoms with Gasteiger partial charge in [-0.15, -0.1) is 0 Å². The highest BCUT2D eigenvalue weighted by Gasteiger charge is 2.42. The topological polar surface area (TPSA) is 74.6 Å². The van der Waals surface area contributed by atoms with Gasteiger partial charge in [0.15, 0.2) is 0 Å². The van der Waals surface area contributed by atoms with Gasteiger partial charge in [-0.25, -0.2) is 0 Å². The van der Waals surface area contributed by atoms with Crippen LogP contribution in [0, 0.1) is 23.2 Å². The summed E-state index contributed by atoms with van der Waals surface area (Å²) in [6.07, 6.45) is 1.77. The molecule has 1 fully saturated rings. The van der Waals surface area contributed by atoms with Crippen LogP contribution in [0.1, 0.15) is 40.0 Å². The van der Waals surface area contributed by atoms with Crippen molar-refractivity contribution in [3.8, 4) is 0 Å². The lowest BCUT2D eigenvalue weighted by Gasteiger charge is -2.38. The Hall–Kier alpha value is -0.528. The summed E-state index contributed by atoms with van der Waals surface area (Å²) < 4.78 is 0. The van der Waals surface area contributed by atoms with Crippen molar-refractivity contribution in [1.29, 1.82) is 0 Å². The second-order valence-electron chi connectivity index (χ2n) is 5.77. The number of rotatable bonds is 2. The van der Waals surface area contributed by atoms with Gasteiger partial charge in [-0.2, -0.15) is 0 Å². The van der Waals surface area contributed by atoms with Crippen LogP contribution < -0.4 is 0 Å². The van der Waals surface area contributed by atoms with Gasteiger partial charge in [-0.1, -0.05) is 20.8 Å². The molecule has 0 aromatic carbocycles. The Balaban J connectivity index is 0.00000256. The summed E-state index contributed by atoms with van der Waals surface area (Å²) in [5, 5.41) is 18.1. The van der Waals surface area contributed by atoms with Crippen LogP contribution in [0.15, 0.2) is 0 Å². The number of carboxylic acid groups (broad SMARTS) is 2. The molecular formula is C12H20AlO4. The van der Waals surface area contributed by atoms with Crippen molar-refractivity contribution < 1.29 is 19.8 Å². The number of carboxylic acids is 2. The van der Waals surface area contributed by atoms with Crippen molar-refractivity contribution >= 4 is 29.3 Å². The second-order valence-corrected chi connectivity index (χ2v) is 5.77.